The number of amidine groups is 1. The van der Waals surface area contributed by atoms with Crippen LogP contribution in [0.3, 0.4) is 0 Å². The Morgan fingerprint density at radius 3 is 2.47 bits per heavy atom. The molecule has 0 radical (unpaired) electrons. The maximum Gasteiger partial charge on any atom is 0.143 e. The topological polar surface area (TPSA) is 86.3 Å². The molecule has 6 nitrogen and oxygen atoms in total. The molecule has 0 atom stereocenters. The number of ether oxygens (including phenoxy) is 3. The molecule has 0 spiro atoms. The molecule has 0 heterocycles. The van der Waals surface area contributed by atoms with Crippen molar-refractivity contribution < 1.29 is 19.4 Å². The summed E-state index contributed by atoms with van der Waals surface area (Å²) in [6, 6.07) is 7.43. The molecule has 0 aliphatic carbocycles. The zero-order chi connectivity index (χ0) is 13.9. The highest BCUT2D eigenvalue weighted by Gasteiger charge is 1.99. The molecule has 0 unspecified atom stereocenters. The van der Waals surface area contributed by atoms with Crippen LogP contribution in [0.1, 0.15) is 5.56 Å². The van der Waals surface area contributed by atoms with E-state index >= 15 is 0 Å². The maximum absolute atomic E-state index is 8.47. The van der Waals surface area contributed by atoms with Crippen LogP contribution in [-0.2, 0) is 15.9 Å². The maximum atomic E-state index is 8.47. The Hall–Kier alpha value is -1.79. The Labute approximate surface area is 112 Å². The summed E-state index contributed by atoms with van der Waals surface area (Å²) >= 11 is 0. The molecule has 1 rings (SSSR count). The SMILES string of the molecule is COCCOCCOc1ccc(CC(N)=NO)cc1. The second kappa shape index (κ2) is 9.18. The van der Waals surface area contributed by atoms with Gasteiger partial charge >= 0.3 is 0 Å². The summed E-state index contributed by atoms with van der Waals surface area (Å²) in [5.41, 5.74) is 6.38. The average Bonchev–Trinajstić information content (AvgIpc) is 2.44. The molecule has 106 valence electrons. The number of oxime groups is 1. The fraction of sp³-hybridized carbons (Fsp3) is 0.462. The van der Waals surface area contributed by atoms with Crippen molar-refractivity contribution in [1.29, 1.82) is 0 Å². The van der Waals surface area contributed by atoms with E-state index in [1.54, 1.807) is 7.11 Å². The molecule has 1 aromatic rings. The largest absolute Gasteiger partial charge is 0.491 e. The zero-order valence-corrected chi connectivity index (χ0v) is 11.0. The molecule has 0 aromatic heterocycles. The minimum Gasteiger partial charge on any atom is -0.491 e. The van der Waals surface area contributed by atoms with Crippen LogP contribution < -0.4 is 10.5 Å². The highest BCUT2D eigenvalue weighted by Crippen LogP contribution is 2.12. The summed E-state index contributed by atoms with van der Waals surface area (Å²) < 4.78 is 15.6. The van der Waals surface area contributed by atoms with Gasteiger partial charge in [-0.1, -0.05) is 17.3 Å². The third kappa shape index (κ3) is 6.64. The Morgan fingerprint density at radius 2 is 1.84 bits per heavy atom. The van der Waals surface area contributed by atoms with Gasteiger partial charge in [0.1, 0.15) is 18.2 Å². The highest BCUT2D eigenvalue weighted by atomic mass is 16.5. The molecule has 3 N–H and O–H groups in total. The van der Waals surface area contributed by atoms with Crippen molar-refractivity contribution in [3.63, 3.8) is 0 Å². The first-order valence-corrected chi connectivity index (χ1v) is 6.01. The van der Waals surface area contributed by atoms with E-state index in [1.165, 1.54) is 0 Å². The van der Waals surface area contributed by atoms with Gasteiger partial charge in [0, 0.05) is 13.5 Å². The molecule has 0 fully saturated rings. The molecule has 6 heteroatoms. The lowest BCUT2D eigenvalue weighted by molar-refractivity contribution is 0.0544. The molecule has 19 heavy (non-hydrogen) atoms. The van der Waals surface area contributed by atoms with Gasteiger partial charge in [-0.05, 0) is 17.7 Å². The van der Waals surface area contributed by atoms with E-state index in [-0.39, 0.29) is 5.84 Å². The van der Waals surface area contributed by atoms with Gasteiger partial charge in [-0.3, -0.25) is 0 Å². The van der Waals surface area contributed by atoms with Gasteiger partial charge in [0.2, 0.25) is 0 Å². The summed E-state index contributed by atoms with van der Waals surface area (Å²) in [6.45, 7) is 2.17. The second-order valence-corrected chi connectivity index (χ2v) is 3.87. The predicted molar refractivity (Wildman–Crippen MR) is 71.7 cm³/mol. The summed E-state index contributed by atoms with van der Waals surface area (Å²) in [7, 11) is 1.63. The first-order chi connectivity index (χ1) is 9.26. The van der Waals surface area contributed by atoms with Crippen molar-refractivity contribution >= 4 is 5.84 Å². The highest BCUT2D eigenvalue weighted by molar-refractivity contribution is 5.81. The quantitative estimate of drug-likeness (QED) is 0.229. The van der Waals surface area contributed by atoms with Crippen molar-refractivity contribution in [3.8, 4) is 5.75 Å². The molecule has 0 aliphatic heterocycles. The molecule has 0 aliphatic rings. The Bertz CT molecular complexity index is 379. The van der Waals surface area contributed by atoms with Crippen LogP contribution >= 0.6 is 0 Å². The number of nitrogens with zero attached hydrogens (tertiary/aromatic N) is 1. The normalized spacial score (nSPS) is 11.5. The van der Waals surface area contributed by atoms with Crippen molar-refractivity contribution in [1.82, 2.24) is 0 Å². The number of rotatable bonds is 9. The van der Waals surface area contributed by atoms with Gasteiger partial charge in [-0.25, -0.2) is 0 Å². The minimum absolute atomic E-state index is 0.181. The van der Waals surface area contributed by atoms with Crippen molar-refractivity contribution in [2.75, 3.05) is 33.5 Å². The van der Waals surface area contributed by atoms with Crippen LogP contribution in [0.25, 0.3) is 0 Å². The first kappa shape index (κ1) is 15.3. The van der Waals surface area contributed by atoms with E-state index in [2.05, 4.69) is 5.16 Å². The van der Waals surface area contributed by atoms with Gasteiger partial charge in [-0.2, -0.15) is 0 Å². The fourth-order valence-electron chi connectivity index (χ4n) is 1.41. The van der Waals surface area contributed by atoms with E-state index in [9.17, 15) is 0 Å². The third-order valence-corrected chi connectivity index (χ3v) is 2.37. The number of methoxy groups -OCH3 is 1. The van der Waals surface area contributed by atoms with Gasteiger partial charge in [0.05, 0.1) is 19.8 Å². The predicted octanol–water partition coefficient (Wildman–Crippen LogP) is 1.02. The summed E-state index contributed by atoms with van der Waals surface area (Å²) in [5.74, 6) is 0.943. The molecule has 0 amide bonds. The molecule has 0 bridgehead atoms. The fourth-order valence-corrected chi connectivity index (χ4v) is 1.41. The lowest BCUT2D eigenvalue weighted by Gasteiger charge is -2.07. The van der Waals surface area contributed by atoms with E-state index in [1.807, 2.05) is 24.3 Å². The average molecular weight is 268 g/mol. The number of nitrogens with two attached hydrogens (primary N) is 1. The monoisotopic (exact) mass is 268 g/mol. The van der Waals surface area contributed by atoms with Gasteiger partial charge in [0.25, 0.3) is 0 Å². The summed E-state index contributed by atoms with van der Waals surface area (Å²) in [5, 5.41) is 11.4. The van der Waals surface area contributed by atoms with Crippen LogP contribution in [0, 0.1) is 0 Å². The molecular formula is C13H20N2O4. The lowest BCUT2D eigenvalue weighted by atomic mass is 10.1. The summed E-state index contributed by atoms with van der Waals surface area (Å²) in [4.78, 5) is 0. The van der Waals surface area contributed by atoms with Crippen LogP contribution in [0.2, 0.25) is 0 Å². The second-order valence-electron chi connectivity index (χ2n) is 3.87. The minimum atomic E-state index is 0.181. The molecule has 0 saturated heterocycles. The smallest absolute Gasteiger partial charge is 0.143 e. The van der Waals surface area contributed by atoms with Gasteiger partial charge in [-0.15, -0.1) is 0 Å². The Morgan fingerprint density at radius 1 is 1.16 bits per heavy atom. The van der Waals surface area contributed by atoms with Gasteiger partial charge in [0.15, 0.2) is 0 Å². The zero-order valence-electron chi connectivity index (χ0n) is 11.0. The Kier molecular flexibility index (Phi) is 7.38. The van der Waals surface area contributed by atoms with E-state index < -0.39 is 0 Å². The van der Waals surface area contributed by atoms with Crippen molar-refractivity contribution in [3.05, 3.63) is 29.8 Å². The Balaban J connectivity index is 2.24. The number of hydrogen-bond acceptors (Lipinski definition) is 5. The molecule has 0 saturated carbocycles. The third-order valence-electron chi connectivity index (χ3n) is 2.37. The van der Waals surface area contributed by atoms with Gasteiger partial charge < -0.3 is 25.2 Å². The number of benzene rings is 1. The van der Waals surface area contributed by atoms with Crippen LogP contribution in [0.15, 0.2) is 29.4 Å². The van der Waals surface area contributed by atoms with E-state index in [0.29, 0.717) is 32.8 Å². The van der Waals surface area contributed by atoms with Crippen molar-refractivity contribution in [2.45, 2.75) is 6.42 Å². The van der Waals surface area contributed by atoms with E-state index in [0.717, 1.165) is 11.3 Å². The molecule has 1 aromatic carbocycles. The first-order valence-electron chi connectivity index (χ1n) is 6.01. The van der Waals surface area contributed by atoms with Crippen molar-refractivity contribution in [2.24, 2.45) is 10.9 Å². The number of hydrogen-bond donors (Lipinski definition) is 2. The van der Waals surface area contributed by atoms with Crippen LogP contribution in [-0.4, -0.2) is 44.6 Å². The molecular weight excluding hydrogens is 248 g/mol. The summed E-state index contributed by atoms with van der Waals surface area (Å²) in [6.07, 6.45) is 0.414. The van der Waals surface area contributed by atoms with Crippen LogP contribution in [0.5, 0.6) is 5.75 Å². The van der Waals surface area contributed by atoms with Crippen LogP contribution in [0.4, 0.5) is 0 Å². The standard InChI is InChI=1S/C13H20N2O4/c1-17-6-7-18-8-9-19-12-4-2-11(3-5-12)10-13(14)15-16/h2-5,16H,6-10H2,1H3,(H2,14,15). The lowest BCUT2D eigenvalue weighted by Crippen LogP contribution is -2.14. The van der Waals surface area contributed by atoms with E-state index in [4.69, 9.17) is 25.2 Å².